The van der Waals surface area contributed by atoms with Gasteiger partial charge in [0.25, 0.3) is 0 Å². The molecule has 7 nitrogen and oxygen atoms in total. The van der Waals surface area contributed by atoms with Gasteiger partial charge in [-0.15, -0.1) is 10.2 Å². The Balaban J connectivity index is 1.25. The van der Waals surface area contributed by atoms with Gasteiger partial charge in [-0.2, -0.15) is 0 Å². The van der Waals surface area contributed by atoms with E-state index in [4.69, 9.17) is 4.74 Å². The standard InChI is InChI=1S/C21H33N5O2S/c1-3-26-19(25-4-6-28-7-5-25)23-24-20(26)29-14(2)18(27)22-21-11-15-8-16(12-21)10-17(9-15)13-21/h14-17H,3-13H2,1-2H3,(H,22,27)/t14-,15?,16?,17?,21?/m1/s1. The first-order valence-corrected chi connectivity index (χ1v) is 12.2. The number of hydrogen-bond acceptors (Lipinski definition) is 6. The Morgan fingerprint density at radius 2 is 1.79 bits per heavy atom. The number of anilines is 1. The minimum absolute atomic E-state index is 0.0675. The lowest BCUT2D eigenvalue weighted by Crippen LogP contribution is -2.60. The molecule has 4 bridgehead atoms. The van der Waals surface area contributed by atoms with Gasteiger partial charge in [0.15, 0.2) is 5.16 Å². The summed E-state index contributed by atoms with van der Waals surface area (Å²) in [6.45, 7) is 8.04. The minimum atomic E-state index is -0.171. The van der Waals surface area contributed by atoms with Crippen molar-refractivity contribution in [2.75, 3.05) is 31.2 Å². The molecule has 0 spiro atoms. The van der Waals surface area contributed by atoms with Gasteiger partial charge in [0.05, 0.1) is 18.5 Å². The maximum absolute atomic E-state index is 13.1. The Morgan fingerprint density at radius 1 is 1.17 bits per heavy atom. The monoisotopic (exact) mass is 419 g/mol. The van der Waals surface area contributed by atoms with Crippen LogP contribution >= 0.6 is 11.8 Å². The molecule has 5 aliphatic rings. The van der Waals surface area contributed by atoms with Crippen molar-refractivity contribution in [1.29, 1.82) is 0 Å². The second-order valence-electron chi connectivity index (χ2n) is 9.57. The molecule has 160 valence electrons. The van der Waals surface area contributed by atoms with Crippen molar-refractivity contribution in [3.63, 3.8) is 0 Å². The van der Waals surface area contributed by atoms with E-state index in [1.807, 2.05) is 6.92 Å². The second kappa shape index (κ2) is 7.76. The molecule has 1 aromatic heterocycles. The van der Waals surface area contributed by atoms with Crippen molar-refractivity contribution < 1.29 is 9.53 Å². The van der Waals surface area contributed by atoms with E-state index in [0.29, 0.717) is 0 Å². The van der Waals surface area contributed by atoms with Crippen LogP contribution in [0.15, 0.2) is 5.16 Å². The number of amides is 1. The molecule has 29 heavy (non-hydrogen) atoms. The molecule has 0 radical (unpaired) electrons. The third-order valence-electron chi connectivity index (χ3n) is 7.39. The van der Waals surface area contributed by atoms with Crippen molar-refractivity contribution in [1.82, 2.24) is 20.1 Å². The van der Waals surface area contributed by atoms with Crippen LogP contribution in [0.1, 0.15) is 52.4 Å². The average molecular weight is 420 g/mol. The molecule has 4 aliphatic carbocycles. The van der Waals surface area contributed by atoms with Crippen molar-refractivity contribution in [3.8, 4) is 0 Å². The number of morpholine rings is 1. The number of nitrogens with zero attached hydrogens (tertiary/aromatic N) is 4. The number of aromatic nitrogens is 3. The molecule has 6 rings (SSSR count). The number of rotatable bonds is 6. The van der Waals surface area contributed by atoms with Gasteiger partial charge in [-0.25, -0.2) is 0 Å². The molecule has 4 saturated carbocycles. The molecule has 8 heteroatoms. The van der Waals surface area contributed by atoms with Crippen LogP contribution in [0.4, 0.5) is 5.95 Å². The normalized spacial score (nSPS) is 34.4. The van der Waals surface area contributed by atoms with E-state index in [9.17, 15) is 4.79 Å². The molecular formula is C21H33N5O2S. The van der Waals surface area contributed by atoms with Gasteiger partial charge in [0.1, 0.15) is 0 Å². The van der Waals surface area contributed by atoms with Gasteiger partial charge in [-0.3, -0.25) is 9.36 Å². The summed E-state index contributed by atoms with van der Waals surface area (Å²) >= 11 is 1.54. The fourth-order valence-corrected chi connectivity index (χ4v) is 7.39. The average Bonchev–Trinajstić information content (AvgIpc) is 3.09. The van der Waals surface area contributed by atoms with Crippen molar-refractivity contribution in [2.24, 2.45) is 17.8 Å². The molecule has 0 unspecified atom stereocenters. The molecule has 2 heterocycles. The van der Waals surface area contributed by atoms with Gasteiger partial charge in [0.2, 0.25) is 11.9 Å². The number of carbonyl (C=O) groups excluding carboxylic acids is 1. The first-order chi connectivity index (χ1) is 14.0. The highest BCUT2D eigenvalue weighted by atomic mass is 32.2. The largest absolute Gasteiger partial charge is 0.378 e. The van der Waals surface area contributed by atoms with Gasteiger partial charge in [0, 0.05) is 25.2 Å². The highest BCUT2D eigenvalue weighted by molar-refractivity contribution is 8.00. The number of ether oxygens (including phenoxy) is 1. The van der Waals surface area contributed by atoms with E-state index in [-0.39, 0.29) is 16.7 Å². The summed E-state index contributed by atoms with van der Waals surface area (Å²) < 4.78 is 7.58. The molecule has 0 aromatic carbocycles. The van der Waals surface area contributed by atoms with Crippen LogP contribution in [0, 0.1) is 17.8 Å². The van der Waals surface area contributed by atoms with Gasteiger partial charge in [-0.1, -0.05) is 11.8 Å². The molecular weight excluding hydrogens is 386 g/mol. The summed E-state index contributed by atoms with van der Waals surface area (Å²) in [5, 5.41) is 13.0. The smallest absolute Gasteiger partial charge is 0.233 e. The highest BCUT2D eigenvalue weighted by Crippen LogP contribution is 2.55. The second-order valence-corrected chi connectivity index (χ2v) is 10.9. The fraction of sp³-hybridized carbons (Fsp3) is 0.857. The van der Waals surface area contributed by atoms with E-state index >= 15 is 0 Å². The number of thioether (sulfide) groups is 1. The first kappa shape index (κ1) is 19.7. The van der Waals surface area contributed by atoms with E-state index in [1.54, 1.807) is 0 Å². The predicted molar refractivity (Wildman–Crippen MR) is 113 cm³/mol. The third kappa shape index (κ3) is 3.78. The molecule has 1 amide bonds. The van der Waals surface area contributed by atoms with Crippen LogP contribution in [0.5, 0.6) is 0 Å². The number of hydrogen-bond donors (Lipinski definition) is 1. The van der Waals surface area contributed by atoms with E-state index < -0.39 is 0 Å². The summed E-state index contributed by atoms with van der Waals surface area (Å²) in [6.07, 6.45) is 7.74. The molecule has 1 saturated heterocycles. The predicted octanol–water partition coefficient (Wildman–Crippen LogP) is 2.70. The zero-order valence-electron chi connectivity index (χ0n) is 17.6. The summed E-state index contributed by atoms with van der Waals surface area (Å²) in [6, 6.07) is 0. The minimum Gasteiger partial charge on any atom is -0.378 e. The highest BCUT2D eigenvalue weighted by Gasteiger charge is 2.51. The maximum atomic E-state index is 13.1. The van der Waals surface area contributed by atoms with Crippen LogP contribution in [0.2, 0.25) is 0 Å². The summed E-state index contributed by atoms with van der Waals surface area (Å²) in [4.78, 5) is 15.4. The Kier molecular flexibility index (Phi) is 5.26. The molecule has 1 N–H and O–H groups in total. The zero-order chi connectivity index (χ0) is 20.0. The Bertz CT molecular complexity index is 725. The van der Waals surface area contributed by atoms with Crippen LogP contribution in [-0.4, -0.2) is 57.8 Å². The van der Waals surface area contributed by atoms with Crippen LogP contribution in [0.25, 0.3) is 0 Å². The first-order valence-electron chi connectivity index (χ1n) is 11.3. The van der Waals surface area contributed by atoms with Crippen molar-refractivity contribution in [3.05, 3.63) is 0 Å². The summed E-state index contributed by atoms with van der Waals surface area (Å²) in [5.41, 5.74) is 0.0675. The van der Waals surface area contributed by atoms with Gasteiger partial charge < -0.3 is 15.0 Å². The lowest BCUT2D eigenvalue weighted by atomic mass is 9.53. The van der Waals surface area contributed by atoms with E-state index in [1.165, 1.54) is 50.3 Å². The summed E-state index contributed by atoms with van der Waals surface area (Å²) in [5.74, 6) is 3.57. The molecule has 5 fully saturated rings. The van der Waals surface area contributed by atoms with Crippen molar-refractivity contribution in [2.45, 2.75) is 74.9 Å². The van der Waals surface area contributed by atoms with E-state index in [2.05, 4.69) is 31.9 Å². The Labute approximate surface area is 177 Å². The van der Waals surface area contributed by atoms with Crippen LogP contribution in [0.3, 0.4) is 0 Å². The molecule has 1 atom stereocenters. The molecule has 1 aromatic rings. The van der Waals surface area contributed by atoms with E-state index in [0.717, 1.165) is 61.7 Å². The number of nitrogens with one attached hydrogen (secondary N) is 1. The topological polar surface area (TPSA) is 72.3 Å². The number of carbonyl (C=O) groups is 1. The third-order valence-corrected chi connectivity index (χ3v) is 8.47. The van der Waals surface area contributed by atoms with Crippen molar-refractivity contribution >= 4 is 23.6 Å². The zero-order valence-corrected chi connectivity index (χ0v) is 18.4. The van der Waals surface area contributed by atoms with Gasteiger partial charge in [-0.05, 0) is 70.1 Å². The fourth-order valence-electron chi connectivity index (χ4n) is 6.48. The Morgan fingerprint density at radius 3 is 2.38 bits per heavy atom. The Hall–Kier alpha value is -1.28. The molecule has 1 aliphatic heterocycles. The lowest BCUT2D eigenvalue weighted by Gasteiger charge is -2.57. The van der Waals surface area contributed by atoms with Gasteiger partial charge >= 0.3 is 0 Å². The quantitative estimate of drug-likeness (QED) is 0.715. The van der Waals surface area contributed by atoms with Crippen LogP contribution < -0.4 is 10.2 Å². The van der Waals surface area contributed by atoms with Crippen LogP contribution in [-0.2, 0) is 16.1 Å². The maximum Gasteiger partial charge on any atom is 0.233 e. The summed E-state index contributed by atoms with van der Waals surface area (Å²) in [7, 11) is 0. The lowest BCUT2D eigenvalue weighted by molar-refractivity contribution is -0.126. The SMILES string of the molecule is CCn1c(S[C@H](C)C(=O)NC23CC4CC(CC(C4)C2)C3)nnc1N1CCOCC1.